The number of hydrogen-bond donors (Lipinski definition) is 0. The van der Waals surface area contributed by atoms with Crippen molar-refractivity contribution in [1.82, 2.24) is 0 Å². The Morgan fingerprint density at radius 2 is 1.79 bits per heavy atom. The van der Waals surface area contributed by atoms with Gasteiger partial charge in [0.1, 0.15) is 0 Å². The fraction of sp³-hybridized carbons (Fsp3) is 0.909. The molecule has 0 saturated heterocycles. The van der Waals surface area contributed by atoms with Crippen LogP contribution in [0.1, 0.15) is 33.1 Å². The van der Waals surface area contributed by atoms with Crippen LogP contribution in [0.2, 0.25) is 0 Å². The van der Waals surface area contributed by atoms with Crippen molar-refractivity contribution < 1.29 is 9.47 Å². The second-order valence-corrected chi connectivity index (χ2v) is 3.70. The molecule has 82 valence electrons. The third-order valence-electron chi connectivity index (χ3n) is 1.65. The zero-order valence-corrected chi connectivity index (χ0v) is 9.29. The molecule has 0 unspecified atom stereocenters. The average Bonchev–Trinajstić information content (AvgIpc) is 2.15. The van der Waals surface area contributed by atoms with E-state index in [0.29, 0.717) is 25.6 Å². The van der Waals surface area contributed by atoms with Crippen molar-refractivity contribution in [3.8, 4) is 6.07 Å². The van der Waals surface area contributed by atoms with Crippen molar-refractivity contribution >= 4 is 0 Å². The highest BCUT2D eigenvalue weighted by atomic mass is 16.5. The molecule has 0 rings (SSSR count). The van der Waals surface area contributed by atoms with Crippen molar-refractivity contribution in [1.29, 1.82) is 5.26 Å². The molecule has 0 heterocycles. The van der Waals surface area contributed by atoms with E-state index in [4.69, 9.17) is 14.7 Å². The molecule has 0 N–H and O–H groups in total. The zero-order valence-electron chi connectivity index (χ0n) is 9.29. The zero-order chi connectivity index (χ0) is 10.6. The molecule has 0 fully saturated rings. The van der Waals surface area contributed by atoms with Crippen LogP contribution in [0.25, 0.3) is 0 Å². The van der Waals surface area contributed by atoms with Gasteiger partial charge in [-0.1, -0.05) is 13.8 Å². The van der Waals surface area contributed by atoms with E-state index < -0.39 is 0 Å². The standard InChI is InChI=1S/C11H21NO2/c1-11(2)10-14-9-8-13-7-5-3-4-6-12/h11H,3-5,7-10H2,1-2H3. The monoisotopic (exact) mass is 199 g/mol. The smallest absolute Gasteiger partial charge is 0.0700 e. The molecule has 0 aliphatic carbocycles. The van der Waals surface area contributed by atoms with Gasteiger partial charge in [0.2, 0.25) is 0 Å². The molecular weight excluding hydrogens is 178 g/mol. The highest BCUT2D eigenvalue weighted by molar-refractivity contribution is 4.67. The lowest BCUT2D eigenvalue weighted by Crippen LogP contribution is -2.08. The highest BCUT2D eigenvalue weighted by Crippen LogP contribution is 1.95. The van der Waals surface area contributed by atoms with E-state index in [9.17, 15) is 0 Å². The molecule has 0 atom stereocenters. The maximum absolute atomic E-state index is 8.28. The normalized spacial score (nSPS) is 10.4. The first-order chi connectivity index (χ1) is 6.77. The molecule has 0 aromatic carbocycles. The number of hydrogen-bond acceptors (Lipinski definition) is 3. The van der Waals surface area contributed by atoms with E-state index in [1.165, 1.54) is 0 Å². The molecule has 0 spiro atoms. The first kappa shape index (κ1) is 13.4. The second kappa shape index (κ2) is 10.5. The Hall–Kier alpha value is -0.590. The number of nitriles is 1. The fourth-order valence-corrected chi connectivity index (χ4v) is 0.947. The minimum atomic E-state index is 0.589. The van der Waals surface area contributed by atoms with Crippen LogP contribution in [0.3, 0.4) is 0 Å². The van der Waals surface area contributed by atoms with Gasteiger partial charge in [0, 0.05) is 19.6 Å². The Balaban J connectivity index is 2.89. The van der Waals surface area contributed by atoms with Gasteiger partial charge in [-0.05, 0) is 18.8 Å². The predicted octanol–water partition coefficient (Wildman–Crippen LogP) is 2.37. The number of ether oxygens (including phenoxy) is 2. The van der Waals surface area contributed by atoms with Gasteiger partial charge in [0.05, 0.1) is 19.3 Å². The van der Waals surface area contributed by atoms with Gasteiger partial charge in [-0.15, -0.1) is 0 Å². The molecule has 3 nitrogen and oxygen atoms in total. The van der Waals surface area contributed by atoms with Gasteiger partial charge in [-0.3, -0.25) is 0 Å². The summed E-state index contributed by atoms with van der Waals surface area (Å²) in [7, 11) is 0. The molecule has 0 aromatic rings. The summed E-state index contributed by atoms with van der Waals surface area (Å²) in [6.07, 6.45) is 2.54. The number of rotatable bonds is 9. The quantitative estimate of drug-likeness (QED) is 0.535. The minimum Gasteiger partial charge on any atom is -0.379 e. The van der Waals surface area contributed by atoms with Crippen LogP contribution in [-0.4, -0.2) is 26.4 Å². The molecule has 3 heteroatoms. The third kappa shape index (κ3) is 11.4. The van der Waals surface area contributed by atoms with Crippen LogP contribution in [-0.2, 0) is 9.47 Å². The van der Waals surface area contributed by atoms with E-state index in [1.807, 2.05) is 0 Å². The molecule has 0 amide bonds. The maximum atomic E-state index is 8.28. The van der Waals surface area contributed by atoms with Gasteiger partial charge < -0.3 is 9.47 Å². The van der Waals surface area contributed by atoms with Crippen LogP contribution in [0.5, 0.6) is 0 Å². The number of nitrogens with zero attached hydrogens (tertiary/aromatic N) is 1. The summed E-state index contributed by atoms with van der Waals surface area (Å²) in [6.45, 7) is 7.14. The molecule has 0 aromatic heterocycles. The van der Waals surface area contributed by atoms with Crippen molar-refractivity contribution in [2.24, 2.45) is 5.92 Å². The molecule has 0 aliphatic rings. The average molecular weight is 199 g/mol. The molecular formula is C11H21NO2. The molecule has 0 aliphatic heterocycles. The Kier molecular flexibility index (Phi) is 10.0. The van der Waals surface area contributed by atoms with Gasteiger partial charge in [0.15, 0.2) is 0 Å². The van der Waals surface area contributed by atoms with Crippen LogP contribution >= 0.6 is 0 Å². The van der Waals surface area contributed by atoms with Gasteiger partial charge >= 0.3 is 0 Å². The first-order valence-corrected chi connectivity index (χ1v) is 5.29. The van der Waals surface area contributed by atoms with Crippen LogP contribution in [0.15, 0.2) is 0 Å². The van der Waals surface area contributed by atoms with Crippen LogP contribution in [0, 0.1) is 17.2 Å². The van der Waals surface area contributed by atoms with E-state index >= 15 is 0 Å². The Morgan fingerprint density at radius 3 is 2.43 bits per heavy atom. The van der Waals surface area contributed by atoms with Crippen molar-refractivity contribution in [2.45, 2.75) is 33.1 Å². The summed E-state index contributed by atoms with van der Waals surface area (Å²) < 4.78 is 10.7. The van der Waals surface area contributed by atoms with Crippen LogP contribution < -0.4 is 0 Å². The van der Waals surface area contributed by atoms with Crippen molar-refractivity contribution in [3.63, 3.8) is 0 Å². The summed E-state index contributed by atoms with van der Waals surface area (Å²) in [5.41, 5.74) is 0. The van der Waals surface area contributed by atoms with Gasteiger partial charge in [0.25, 0.3) is 0 Å². The predicted molar refractivity (Wildman–Crippen MR) is 55.9 cm³/mol. The van der Waals surface area contributed by atoms with E-state index in [2.05, 4.69) is 19.9 Å². The molecule has 0 bridgehead atoms. The Labute approximate surface area is 87.0 Å². The maximum Gasteiger partial charge on any atom is 0.0700 e. The van der Waals surface area contributed by atoms with E-state index in [1.54, 1.807) is 0 Å². The molecule has 0 radical (unpaired) electrons. The Bertz CT molecular complexity index is 152. The lowest BCUT2D eigenvalue weighted by Gasteiger charge is -2.07. The topological polar surface area (TPSA) is 42.2 Å². The Morgan fingerprint density at radius 1 is 1.07 bits per heavy atom. The highest BCUT2D eigenvalue weighted by Gasteiger charge is 1.93. The van der Waals surface area contributed by atoms with E-state index in [-0.39, 0.29) is 0 Å². The van der Waals surface area contributed by atoms with Crippen LogP contribution in [0.4, 0.5) is 0 Å². The summed E-state index contributed by atoms with van der Waals surface area (Å²) in [4.78, 5) is 0. The lowest BCUT2D eigenvalue weighted by molar-refractivity contribution is 0.0367. The molecule has 14 heavy (non-hydrogen) atoms. The van der Waals surface area contributed by atoms with Crippen molar-refractivity contribution in [3.05, 3.63) is 0 Å². The largest absolute Gasteiger partial charge is 0.379 e. The summed E-state index contributed by atoms with van der Waals surface area (Å²) in [5, 5.41) is 8.28. The first-order valence-electron chi connectivity index (χ1n) is 5.29. The van der Waals surface area contributed by atoms with Gasteiger partial charge in [-0.2, -0.15) is 5.26 Å². The van der Waals surface area contributed by atoms with Gasteiger partial charge in [-0.25, -0.2) is 0 Å². The van der Waals surface area contributed by atoms with E-state index in [0.717, 1.165) is 26.1 Å². The third-order valence-corrected chi connectivity index (χ3v) is 1.65. The summed E-state index contributed by atoms with van der Waals surface area (Å²) >= 11 is 0. The lowest BCUT2D eigenvalue weighted by atomic mass is 10.2. The summed E-state index contributed by atoms with van der Waals surface area (Å²) in [6, 6.07) is 2.11. The summed E-state index contributed by atoms with van der Waals surface area (Å²) in [5.74, 6) is 0.589. The molecule has 0 saturated carbocycles. The minimum absolute atomic E-state index is 0.589. The second-order valence-electron chi connectivity index (χ2n) is 3.70. The SMILES string of the molecule is CC(C)COCCOCCCCC#N. The van der Waals surface area contributed by atoms with Crippen molar-refractivity contribution in [2.75, 3.05) is 26.4 Å². The number of unbranched alkanes of at least 4 members (excludes halogenated alkanes) is 2. The fourth-order valence-electron chi connectivity index (χ4n) is 0.947.